The summed E-state index contributed by atoms with van der Waals surface area (Å²) in [5.41, 5.74) is 0.894. The Morgan fingerprint density at radius 3 is 2.55 bits per heavy atom. The van der Waals surface area contributed by atoms with E-state index in [1.54, 1.807) is 6.08 Å². The van der Waals surface area contributed by atoms with Crippen LogP contribution in [0.5, 0.6) is 0 Å². The Bertz CT molecular complexity index is 811. The highest BCUT2D eigenvalue weighted by Crippen LogP contribution is 2.33. The quantitative estimate of drug-likeness (QED) is 0.551. The maximum Gasteiger partial charge on any atom is 0.244 e. The van der Waals surface area contributed by atoms with Gasteiger partial charge in [-0.05, 0) is 36.8 Å². The van der Waals surface area contributed by atoms with Crippen LogP contribution >= 0.6 is 0 Å². The van der Waals surface area contributed by atoms with E-state index in [2.05, 4.69) is 22.0 Å². The van der Waals surface area contributed by atoms with Gasteiger partial charge in [0.1, 0.15) is 12.1 Å². The monoisotopic (exact) mass is 394 g/mol. The van der Waals surface area contributed by atoms with Crippen LogP contribution in [0, 0.1) is 23.2 Å². The molecule has 0 spiro atoms. The molecule has 0 aromatic heterocycles. The third-order valence-corrected chi connectivity index (χ3v) is 5.28. The molecule has 7 nitrogen and oxygen atoms in total. The molecule has 1 aromatic rings. The van der Waals surface area contributed by atoms with E-state index in [-0.39, 0.29) is 30.1 Å². The standard InChI is InChI=1S/C22H26N4O3/c23-14-18(13-17-10-11-24-21(17)28)25-22(29)19(12-16-6-7-16)26-20(27)9-8-15-4-2-1-3-5-15/h1-5,8-9,16-19H,6-7,10-13H2,(H,24,28)(H,25,29)(H,26,27)/b9-8+. The van der Waals surface area contributed by atoms with Crippen LogP contribution in [0.2, 0.25) is 0 Å². The van der Waals surface area contributed by atoms with Crippen molar-refractivity contribution >= 4 is 23.8 Å². The molecule has 1 heterocycles. The number of rotatable bonds is 9. The van der Waals surface area contributed by atoms with Gasteiger partial charge in [-0.15, -0.1) is 0 Å². The maximum absolute atomic E-state index is 12.7. The number of benzene rings is 1. The van der Waals surface area contributed by atoms with E-state index in [4.69, 9.17) is 0 Å². The molecule has 152 valence electrons. The second-order valence-electron chi connectivity index (χ2n) is 7.69. The predicted octanol–water partition coefficient (Wildman–Crippen LogP) is 1.52. The Morgan fingerprint density at radius 1 is 1.17 bits per heavy atom. The van der Waals surface area contributed by atoms with Crippen molar-refractivity contribution < 1.29 is 14.4 Å². The molecule has 2 aliphatic rings. The van der Waals surface area contributed by atoms with Crippen LogP contribution in [0.1, 0.15) is 37.7 Å². The van der Waals surface area contributed by atoms with Crippen molar-refractivity contribution in [1.82, 2.24) is 16.0 Å². The minimum Gasteiger partial charge on any atom is -0.356 e. The third kappa shape index (κ3) is 6.46. The first-order valence-electron chi connectivity index (χ1n) is 10.1. The van der Waals surface area contributed by atoms with Gasteiger partial charge in [-0.25, -0.2) is 0 Å². The van der Waals surface area contributed by atoms with Crippen molar-refractivity contribution in [3.63, 3.8) is 0 Å². The van der Waals surface area contributed by atoms with Gasteiger partial charge in [0.05, 0.1) is 6.07 Å². The fourth-order valence-corrected chi connectivity index (χ4v) is 3.44. The van der Waals surface area contributed by atoms with E-state index in [9.17, 15) is 19.6 Å². The molecule has 0 bridgehead atoms. The smallest absolute Gasteiger partial charge is 0.244 e. The lowest BCUT2D eigenvalue weighted by Crippen LogP contribution is -2.49. The molecule has 29 heavy (non-hydrogen) atoms. The molecule has 3 rings (SSSR count). The van der Waals surface area contributed by atoms with E-state index < -0.39 is 12.1 Å². The van der Waals surface area contributed by atoms with Crippen LogP contribution in [-0.2, 0) is 14.4 Å². The summed E-state index contributed by atoms with van der Waals surface area (Å²) in [6.07, 6.45) is 6.70. The van der Waals surface area contributed by atoms with Gasteiger partial charge in [-0.2, -0.15) is 5.26 Å². The lowest BCUT2D eigenvalue weighted by Gasteiger charge is -2.20. The molecule has 3 amide bonds. The molecule has 1 saturated heterocycles. The fraction of sp³-hybridized carbons (Fsp3) is 0.455. The van der Waals surface area contributed by atoms with Gasteiger partial charge in [0.2, 0.25) is 17.7 Å². The van der Waals surface area contributed by atoms with Crippen molar-refractivity contribution in [2.75, 3.05) is 6.54 Å². The topological polar surface area (TPSA) is 111 Å². The highest BCUT2D eigenvalue weighted by Gasteiger charge is 2.32. The number of nitrogens with one attached hydrogen (secondary N) is 3. The lowest BCUT2D eigenvalue weighted by atomic mass is 9.98. The number of hydrogen-bond acceptors (Lipinski definition) is 4. The van der Waals surface area contributed by atoms with E-state index in [1.165, 1.54) is 6.08 Å². The summed E-state index contributed by atoms with van der Waals surface area (Å²) in [5.74, 6) is -0.634. The average Bonchev–Trinajstić information content (AvgIpc) is 3.46. The first-order valence-corrected chi connectivity index (χ1v) is 10.1. The molecule has 3 N–H and O–H groups in total. The van der Waals surface area contributed by atoms with Crippen LogP contribution in [0.3, 0.4) is 0 Å². The minimum absolute atomic E-state index is 0.0756. The second-order valence-corrected chi connectivity index (χ2v) is 7.69. The van der Waals surface area contributed by atoms with Gasteiger partial charge in [-0.1, -0.05) is 43.2 Å². The SMILES string of the molecule is N#CC(CC1CCNC1=O)NC(=O)C(CC1CC1)NC(=O)/C=C/c1ccccc1. The zero-order valence-corrected chi connectivity index (χ0v) is 16.3. The maximum atomic E-state index is 12.7. The van der Waals surface area contributed by atoms with E-state index >= 15 is 0 Å². The first kappa shape index (κ1) is 20.6. The number of carbonyl (C=O) groups is 3. The molecule has 1 aromatic carbocycles. The molecule has 7 heteroatoms. The second kappa shape index (κ2) is 9.87. The summed E-state index contributed by atoms with van der Waals surface area (Å²) in [6.45, 7) is 0.601. The Hall–Kier alpha value is -3.14. The van der Waals surface area contributed by atoms with Crippen LogP contribution in [-0.4, -0.2) is 36.3 Å². The fourth-order valence-electron chi connectivity index (χ4n) is 3.44. The van der Waals surface area contributed by atoms with Crippen molar-refractivity contribution in [2.24, 2.45) is 11.8 Å². The number of nitrogens with zero attached hydrogens (tertiary/aromatic N) is 1. The van der Waals surface area contributed by atoms with Crippen LogP contribution in [0.4, 0.5) is 0 Å². The van der Waals surface area contributed by atoms with E-state index in [1.807, 2.05) is 30.3 Å². The zero-order valence-electron chi connectivity index (χ0n) is 16.3. The molecule has 3 atom stereocenters. The molecule has 1 aliphatic carbocycles. The van der Waals surface area contributed by atoms with Crippen LogP contribution in [0.25, 0.3) is 6.08 Å². The summed E-state index contributed by atoms with van der Waals surface area (Å²) >= 11 is 0. The Balaban J connectivity index is 1.57. The van der Waals surface area contributed by atoms with Crippen molar-refractivity contribution in [2.45, 2.75) is 44.2 Å². The molecular weight excluding hydrogens is 368 g/mol. The number of nitriles is 1. The van der Waals surface area contributed by atoms with Crippen LogP contribution < -0.4 is 16.0 Å². The summed E-state index contributed by atoms with van der Waals surface area (Å²) < 4.78 is 0. The van der Waals surface area contributed by atoms with Gasteiger partial charge in [0.25, 0.3) is 0 Å². The minimum atomic E-state index is -0.755. The molecule has 1 aliphatic heterocycles. The van der Waals surface area contributed by atoms with E-state index in [0.29, 0.717) is 25.3 Å². The van der Waals surface area contributed by atoms with Gasteiger partial charge in [0, 0.05) is 18.5 Å². The molecule has 3 unspecified atom stereocenters. The molecule has 0 radical (unpaired) electrons. The van der Waals surface area contributed by atoms with Crippen LogP contribution in [0.15, 0.2) is 36.4 Å². The highest BCUT2D eigenvalue weighted by molar-refractivity contribution is 5.95. The summed E-state index contributed by atoms with van der Waals surface area (Å²) in [7, 11) is 0. The van der Waals surface area contributed by atoms with Crippen molar-refractivity contribution in [1.29, 1.82) is 5.26 Å². The van der Waals surface area contributed by atoms with Crippen molar-refractivity contribution in [3.05, 3.63) is 42.0 Å². The average molecular weight is 394 g/mol. The van der Waals surface area contributed by atoms with Crippen molar-refractivity contribution in [3.8, 4) is 6.07 Å². The normalized spacial score (nSPS) is 20.5. The first-order chi connectivity index (χ1) is 14.0. The molecular formula is C22H26N4O3. The number of hydrogen-bond donors (Lipinski definition) is 3. The predicted molar refractivity (Wildman–Crippen MR) is 108 cm³/mol. The lowest BCUT2D eigenvalue weighted by molar-refractivity contribution is -0.128. The largest absolute Gasteiger partial charge is 0.356 e. The molecule has 2 fully saturated rings. The molecule has 1 saturated carbocycles. The van der Waals surface area contributed by atoms with E-state index in [0.717, 1.165) is 18.4 Å². The highest BCUT2D eigenvalue weighted by atomic mass is 16.2. The summed E-state index contributed by atoms with van der Waals surface area (Å²) in [4.78, 5) is 36.8. The van der Waals surface area contributed by atoms with Gasteiger partial charge in [0.15, 0.2) is 0 Å². The number of carbonyl (C=O) groups excluding carboxylic acids is 3. The van der Waals surface area contributed by atoms with Gasteiger partial charge in [-0.3, -0.25) is 14.4 Å². The summed E-state index contributed by atoms with van der Waals surface area (Å²) in [5, 5.41) is 17.6. The van der Waals surface area contributed by atoms with Gasteiger partial charge >= 0.3 is 0 Å². The number of amides is 3. The Morgan fingerprint density at radius 2 is 1.93 bits per heavy atom. The third-order valence-electron chi connectivity index (χ3n) is 5.28. The van der Waals surface area contributed by atoms with Gasteiger partial charge < -0.3 is 16.0 Å². The summed E-state index contributed by atoms with van der Waals surface area (Å²) in [6, 6.07) is 10.0. The Labute approximate surface area is 170 Å². The Kier molecular flexibility index (Phi) is 7.01. The zero-order chi connectivity index (χ0) is 20.6.